The SMILES string of the molecule is C1CC2CCNC2CN1.C1CC2CNCC2CN1.C1CC2NCCC2CN1. The van der Waals surface area contributed by atoms with E-state index in [1.165, 1.54) is 97.6 Å². The van der Waals surface area contributed by atoms with Crippen molar-refractivity contribution in [2.24, 2.45) is 23.7 Å². The number of rotatable bonds is 0. The summed E-state index contributed by atoms with van der Waals surface area (Å²) >= 11 is 0. The van der Waals surface area contributed by atoms with Crippen LogP contribution in [0.25, 0.3) is 0 Å². The van der Waals surface area contributed by atoms with Gasteiger partial charge in [-0.05, 0) is 115 Å². The minimum absolute atomic E-state index is 0.804. The lowest BCUT2D eigenvalue weighted by atomic mass is 9.90. The largest absolute Gasteiger partial charge is 0.316 e. The van der Waals surface area contributed by atoms with Gasteiger partial charge in [0.2, 0.25) is 0 Å². The Kier molecular flexibility index (Phi) is 7.81. The summed E-state index contributed by atoms with van der Waals surface area (Å²) in [6.07, 6.45) is 6.91. The van der Waals surface area contributed by atoms with Gasteiger partial charge in [-0.1, -0.05) is 0 Å². The lowest BCUT2D eigenvalue weighted by Gasteiger charge is -2.25. The van der Waals surface area contributed by atoms with Gasteiger partial charge in [-0.25, -0.2) is 0 Å². The maximum atomic E-state index is 3.52. The molecule has 27 heavy (non-hydrogen) atoms. The van der Waals surface area contributed by atoms with E-state index >= 15 is 0 Å². The van der Waals surface area contributed by atoms with E-state index in [-0.39, 0.29) is 0 Å². The van der Waals surface area contributed by atoms with E-state index in [4.69, 9.17) is 0 Å². The summed E-state index contributed by atoms with van der Waals surface area (Å²) in [6, 6.07) is 1.66. The highest BCUT2D eigenvalue weighted by Gasteiger charge is 2.29. The Balaban J connectivity index is 0.0000001000. The third-order valence-electron chi connectivity index (χ3n) is 7.65. The molecule has 0 aromatic carbocycles. The standard InChI is InChI=1S/3C7H14N2/c1-4-9-7-2-3-8-5-6(1)7;1-3-8-5-7-6(1)2-4-9-7;1-2-8-4-7-5-9-3-6(1)7/h3*6-9H,1-5H2. The highest BCUT2D eigenvalue weighted by atomic mass is 15.0. The summed E-state index contributed by atoms with van der Waals surface area (Å²) in [5.41, 5.74) is 0. The zero-order valence-corrected chi connectivity index (χ0v) is 17.1. The average Bonchev–Trinajstić information content (AvgIpc) is 3.48. The van der Waals surface area contributed by atoms with Crippen LogP contribution >= 0.6 is 0 Å². The fourth-order valence-corrected chi connectivity index (χ4v) is 5.84. The molecule has 6 N–H and O–H groups in total. The van der Waals surface area contributed by atoms with Gasteiger partial charge in [-0.3, -0.25) is 0 Å². The van der Waals surface area contributed by atoms with E-state index in [2.05, 4.69) is 31.9 Å². The van der Waals surface area contributed by atoms with Crippen LogP contribution in [-0.2, 0) is 0 Å². The van der Waals surface area contributed by atoms with Crippen LogP contribution in [-0.4, -0.2) is 77.5 Å². The van der Waals surface area contributed by atoms with Crippen molar-refractivity contribution in [1.82, 2.24) is 31.9 Å². The minimum atomic E-state index is 0.804. The van der Waals surface area contributed by atoms with Gasteiger partial charge >= 0.3 is 0 Å². The monoisotopic (exact) mass is 378 g/mol. The highest BCUT2D eigenvalue weighted by Crippen LogP contribution is 2.22. The quantitative estimate of drug-likeness (QED) is 0.349. The van der Waals surface area contributed by atoms with Crippen LogP contribution in [0.5, 0.6) is 0 Å². The molecule has 0 radical (unpaired) electrons. The minimum Gasteiger partial charge on any atom is -0.316 e. The molecule has 0 aromatic heterocycles. The lowest BCUT2D eigenvalue weighted by molar-refractivity contribution is 0.318. The van der Waals surface area contributed by atoms with Crippen molar-refractivity contribution < 1.29 is 0 Å². The fraction of sp³-hybridized carbons (Fsp3) is 1.00. The van der Waals surface area contributed by atoms with Crippen LogP contribution in [0, 0.1) is 23.7 Å². The Morgan fingerprint density at radius 2 is 0.926 bits per heavy atom. The second kappa shape index (κ2) is 10.5. The molecule has 6 fully saturated rings. The Morgan fingerprint density at radius 3 is 1.70 bits per heavy atom. The van der Waals surface area contributed by atoms with E-state index in [1.807, 2.05) is 0 Å². The smallest absolute Gasteiger partial charge is 0.0221 e. The first-order valence-electron chi connectivity index (χ1n) is 11.7. The maximum Gasteiger partial charge on any atom is 0.0221 e. The van der Waals surface area contributed by atoms with Gasteiger partial charge in [0.25, 0.3) is 0 Å². The number of piperidine rings is 3. The molecule has 6 unspecified atom stereocenters. The number of hydrogen-bond donors (Lipinski definition) is 6. The third kappa shape index (κ3) is 5.64. The van der Waals surface area contributed by atoms with E-state index in [1.54, 1.807) is 0 Å². The molecule has 6 atom stereocenters. The average molecular weight is 379 g/mol. The molecular weight excluding hydrogens is 336 g/mol. The van der Waals surface area contributed by atoms with E-state index in [0.29, 0.717) is 0 Å². The third-order valence-corrected chi connectivity index (χ3v) is 7.65. The van der Waals surface area contributed by atoms with Gasteiger partial charge in [-0.2, -0.15) is 0 Å². The van der Waals surface area contributed by atoms with Crippen molar-refractivity contribution in [2.75, 3.05) is 65.4 Å². The summed E-state index contributed by atoms with van der Waals surface area (Å²) in [7, 11) is 0. The summed E-state index contributed by atoms with van der Waals surface area (Å²) in [6.45, 7) is 12.4. The van der Waals surface area contributed by atoms with E-state index < -0.39 is 0 Å². The molecule has 0 spiro atoms. The van der Waals surface area contributed by atoms with Crippen molar-refractivity contribution >= 4 is 0 Å². The first-order valence-corrected chi connectivity index (χ1v) is 11.7. The summed E-state index contributed by atoms with van der Waals surface area (Å²) in [5, 5.41) is 20.7. The molecule has 0 amide bonds. The van der Waals surface area contributed by atoms with Gasteiger partial charge in [0.15, 0.2) is 0 Å². The molecule has 6 heterocycles. The van der Waals surface area contributed by atoms with Crippen LogP contribution < -0.4 is 31.9 Å². The molecule has 0 bridgehead atoms. The van der Waals surface area contributed by atoms with Gasteiger partial charge < -0.3 is 31.9 Å². The lowest BCUT2D eigenvalue weighted by Crippen LogP contribution is -2.43. The van der Waals surface area contributed by atoms with Crippen molar-refractivity contribution in [3.05, 3.63) is 0 Å². The Bertz CT molecular complexity index is 335. The Hall–Kier alpha value is -0.240. The molecule has 6 heteroatoms. The zero-order chi connectivity index (χ0) is 18.3. The molecule has 6 rings (SSSR count). The molecule has 6 aliphatic rings. The Labute approximate surface area is 165 Å². The predicted molar refractivity (Wildman–Crippen MR) is 112 cm³/mol. The van der Waals surface area contributed by atoms with E-state index in [9.17, 15) is 0 Å². The molecule has 0 aliphatic carbocycles. The molecule has 0 saturated carbocycles. The van der Waals surface area contributed by atoms with Gasteiger partial charge in [0.05, 0.1) is 0 Å². The molecule has 6 aliphatic heterocycles. The second-order valence-electron chi connectivity index (χ2n) is 9.38. The van der Waals surface area contributed by atoms with Crippen molar-refractivity contribution in [1.29, 1.82) is 0 Å². The van der Waals surface area contributed by atoms with Crippen LogP contribution in [0.15, 0.2) is 0 Å². The molecule has 6 nitrogen and oxygen atoms in total. The van der Waals surface area contributed by atoms with Crippen LogP contribution in [0.4, 0.5) is 0 Å². The first kappa shape index (κ1) is 20.0. The summed E-state index contributed by atoms with van der Waals surface area (Å²) < 4.78 is 0. The fourth-order valence-electron chi connectivity index (χ4n) is 5.84. The van der Waals surface area contributed by atoms with Crippen LogP contribution in [0.3, 0.4) is 0 Å². The Morgan fingerprint density at radius 1 is 0.370 bits per heavy atom. The number of nitrogens with one attached hydrogen (secondary N) is 6. The number of hydrogen-bond acceptors (Lipinski definition) is 6. The molecule has 0 aromatic rings. The van der Waals surface area contributed by atoms with Crippen molar-refractivity contribution in [2.45, 2.75) is 44.2 Å². The van der Waals surface area contributed by atoms with Gasteiger partial charge in [-0.15, -0.1) is 0 Å². The topological polar surface area (TPSA) is 72.2 Å². The predicted octanol–water partition coefficient (Wildman–Crippen LogP) is -0.269. The van der Waals surface area contributed by atoms with Gasteiger partial charge in [0, 0.05) is 18.6 Å². The van der Waals surface area contributed by atoms with E-state index in [0.717, 1.165) is 35.8 Å². The molecule has 156 valence electrons. The summed E-state index contributed by atoms with van der Waals surface area (Å²) in [4.78, 5) is 0. The van der Waals surface area contributed by atoms with Crippen LogP contribution in [0.2, 0.25) is 0 Å². The molecular formula is C21H42N6. The highest BCUT2D eigenvalue weighted by molar-refractivity contribution is 4.89. The van der Waals surface area contributed by atoms with Crippen molar-refractivity contribution in [3.8, 4) is 0 Å². The maximum absolute atomic E-state index is 3.52. The first-order chi connectivity index (χ1) is 13.4. The second-order valence-corrected chi connectivity index (χ2v) is 9.38. The summed E-state index contributed by atoms with van der Waals surface area (Å²) in [5.74, 6) is 3.87. The molecule has 6 saturated heterocycles. The van der Waals surface area contributed by atoms with Crippen LogP contribution in [0.1, 0.15) is 32.1 Å². The normalized spacial score (nSPS) is 42.7. The van der Waals surface area contributed by atoms with Gasteiger partial charge in [0.1, 0.15) is 0 Å². The number of fused-ring (bicyclic) bond motifs is 3. The zero-order valence-electron chi connectivity index (χ0n) is 17.1. The van der Waals surface area contributed by atoms with Crippen molar-refractivity contribution in [3.63, 3.8) is 0 Å².